The Labute approximate surface area is 112 Å². The van der Waals surface area contributed by atoms with Crippen LogP contribution >= 0.6 is 11.6 Å². The summed E-state index contributed by atoms with van der Waals surface area (Å²) in [6.07, 6.45) is 6.84. The number of nitrogens with zero attached hydrogens (tertiary/aromatic N) is 3. The molecule has 0 radical (unpaired) electrons. The molecule has 1 aliphatic carbocycles. The topological polar surface area (TPSA) is 49.3 Å². The van der Waals surface area contributed by atoms with E-state index in [2.05, 4.69) is 14.9 Å². The van der Waals surface area contributed by atoms with E-state index in [1.807, 2.05) is 0 Å². The van der Waals surface area contributed by atoms with E-state index < -0.39 is 0 Å². The molecular formula is C13H18ClN3O. The van der Waals surface area contributed by atoms with Crippen LogP contribution in [0.3, 0.4) is 0 Å². The van der Waals surface area contributed by atoms with Gasteiger partial charge in [0.15, 0.2) is 0 Å². The molecule has 1 saturated carbocycles. The number of halogens is 1. The minimum atomic E-state index is -0.0964. The molecule has 1 aliphatic heterocycles. The van der Waals surface area contributed by atoms with Crippen molar-refractivity contribution in [3.8, 4) is 0 Å². The molecule has 2 bridgehead atoms. The summed E-state index contributed by atoms with van der Waals surface area (Å²) < 4.78 is 0. The van der Waals surface area contributed by atoms with Crippen molar-refractivity contribution >= 4 is 17.4 Å². The van der Waals surface area contributed by atoms with Gasteiger partial charge in [0.25, 0.3) is 0 Å². The summed E-state index contributed by atoms with van der Waals surface area (Å²) in [6, 6.07) is 0. The van der Waals surface area contributed by atoms with Crippen LogP contribution in [-0.2, 0) is 6.61 Å². The summed E-state index contributed by atoms with van der Waals surface area (Å²) in [4.78, 5) is 10.6. The average molecular weight is 268 g/mol. The molecule has 1 saturated heterocycles. The van der Waals surface area contributed by atoms with Crippen LogP contribution < -0.4 is 4.90 Å². The van der Waals surface area contributed by atoms with E-state index in [9.17, 15) is 5.11 Å². The molecule has 1 aromatic heterocycles. The summed E-state index contributed by atoms with van der Waals surface area (Å²) in [5.74, 6) is 2.38. The quantitative estimate of drug-likeness (QED) is 0.835. The third-order valence-corrected chi connectivity index (χ3v) is 4.50. The first-order valence-electron chi connectivity index (χ1n) is 6.63. The van der Waals surface area contributed by atoms with Gasteiger partial charge in [-0.1, -0.05) is 18.0 Å². The van der Waals surface area contributed by atoms with E-state index in [0.29, 0.717) is 10.7 Å². The molecule has 18 heavy (non-hydrogen) atoms. The Balaban J connectivity index is 1.88. The Morgan fingerprint density at radius 3 is 2.67 bits per heavy atom. The smallest absolute Gasteiger partial charge is 0.140 e. The Bertz CT molecular complexity index is 428. The van der Waals surface area contributed by atoms with Crippen molar-refractivity contribution in [1.29, 1.82) is 0 Å². The first-order chi connectivity index (χ1) is 8.78. The zero-order chi connectivity index (χ0) is 12.5. The van der Waals surface area contributed by atoms with Crippen LogP contribution in [0.15, 0.2) is 6.33 Å². The molecule has 2 aliphatic rings. The number of aliphatic hydroxyl groups is 1. The van der Waals surface area contributed by atoms with Crippen LogP contribution in [0.5, 0.6) is 0 Å². The minimum Gasteiger partial charge on any atom is -0.391 e. The third kappa shape index (κ3) is 2.19. The molecule has 0 spiro atoms. The molecule has 1 N–H and O–H groups in total. The maximum Gasteiger partial charge on any atom is 0.140 e. The number of hydrogen-bond acceptors (Lipinski definition) is 4. The zero-order valence-electron chi connectivity index (χ0n) is 10.3. The van der Waals surface area contributed by atoms with Gasteiger partial charge < -0.3 is 10.0 Å². The molecule has 98 valence electrons. The zero-order valence-corrected chi connectivity index (χ0v) is 11.1. The molecule has 5 heteroatoms. The molecule has 4 nitrogen and oxygen atoms in total. The van der Waals surface area contributed by atoms with Crippen molar-refractivity contribution in [2.24, 2.45) is 11.8 Å². The molecule has 2 atom stereocenters. The SMILES string of the molecule is OCc1c(Cl)ncnc1N1CC2CCCC(C2)C1. The Kier molecular flexibility index (Phi) is 3.39. The molecule has 0 amide bonds. The molecule has 1 aromatic rings. The van der Waals surface area contributed by atoms with Gasteiger partial charge in [-0.3, -0.25) is 0 Å². The second-order valence-corrected chi connectivity index (χ2v) is 5.79. The minimum absolute atomic E-state index is 0.0964. The van der Waals surface area contributed by atoms with Gasteiger partial charge in [0, 0.05) is 13.1 Å². The van der Waals surface area contributed by atoms with Gasteiger partial charge in [-0.2, -0.15) is 0 Å². The highest BCUT2D eigenvalue weighted by Crippen LogP contribution is 2.37. The molecule has 2 heterocycles. The van der Waals surface area contributed by atoms with E-state index in [0.717, 1.165) is 30.7 Å². The highest BCUT2D eigenvalue weighted by Gasteiger charge is 2.32. The number of aromatic nitrogens is 2. The van der Waals surface area contributed by atoms with E-state index >= 15 is 0 Å². The van der Waals surface area contributed by atoms with E-state index in [1.54, 1.807) is 0 Å². The Hall–Kier alpha value is -0.870. The van der Waals surface area contributed by atoms with Crippen LogP contribution in [0.4, 0.5) is 5.82 Å². The number of fused-ring (bicyclic) bond motifs is 2. The highest BCUT2D eigenvalue weighted by molar-refractivity contribution is 6.30. The normalized spacial score (nSPS) is 27.3. The van der Waals surface area contributed by atoms with Gasteiger partial charge >= 0.3 is 0 Å². The van der Waals surface area contributed by atoms with Gasteiger partial charge in [-0.25, -0.2) is 9.97 Å². The van der Waals surface area contributed by atoms with Crippen molar-refractivity contribution in [2.75, 3.05) is 18.0 Å². The standard InChI is InChI=1S/C13H18ClN3O/c14-12-11(7-18)13(16-8-15-12)17-5-9-2-1-3-10(4-9)6-17/h8-10,18H,1-7H2. The predicted octanol–water partition coefficient (Wildman–Crippen LogP) is 2.25. The predicted molar refractivity (Wildman–Crippen MR) is 70.6 cm³/mol. The molecular weight excluding hydrogens is 250 g/mol. The highest BCUT2D eigenvalue weighted by atomic mass is 35.5. The summed E-state index contributed by atoms with van der Waals surface area (Å²) in [6.45, 7) is 1.98. The second-order valence-electron chi connectivity index (χ2n) is 5.43. The van der Waals surface area contributed by atoms with Crippen molar-refractivity contribution in [2.45, 2.75) is 32.3 Å². The second kappa shape index (κ2) is 5.02. The number of aliphatic hydroxyl groups excluding tert-OH is 1. The lowest BCUT2D eigenvalue weighted by atomic mass is 9.78. The Morgan fingerprint density at radius 2 is 2.00 bits per heavy atom. The van der Waals surface area contributed by atoms with Gasteiger partial charge in [-0.05, 0) is 31.1 Å². The molecule has 0 aromatic carbocycles. The molecule has 2 unspecified atom stereocenters. The first-order valence-corrected chi connectivity index (χ1v) is 7.01. The van der Waals surface area contributed by atoms with Gasteiger partial charge in [0.2, 0.25) is 0 Å². The van der Waals surface area contributed by atoms with E-state index in [1.165, 1.54) is 32.0 Å². The molecule has 2 fully saturated rings. The summed E-state index contributed by atoms with van der Waals surface area (Å²) in [7, 11) is 0. The van der Waals surface area contributed by atoms with Gasteiger partial charge in [0.05, 0.1) is 12.2 Å². The maximum atomic E-state index is 9.44. The third-order valence-electron chi connectivity index (χ3n) is 4.18. The monoisotopic (exact) mass is 267 g/mol. The number of piperidine rings is 1. The average Bonchev–Trinajstić information content (AvgIpc) is 2.38. The van der Waals surface area contributed by atoms with Crippen molar-refractivity contribution in [1.82, 2.24) is 9.97 Å². The number of hydrogen-bond donors (Lipinski definition) is 1. The van der Waals surface area contributed by atoms with Crippen LogP contribution in [-0.4, -0.2) is 28.2 Å². The largest absolute Gasteiger partial charge is 0.391 e. The first kappa shape index (κ1) is 12.2. The lowest BCUT2D eigenvalue weighted by Gasteiger charge is -2.42. The Morgan fingerprint density at radius 1 is 1.28 bits per heavy atom. The van der Waals surface area contributed by atoms with Crippen molar-refractivity contribution < 1.29 is 5.11 Å². The van der Waals surface area contributed by atoms with Crippen molar-refractivity contribution in [3.63, 3.8) is 0 Å². The number of rotatable bonds is 2. The summed E-state index contributed by atoms with van der Waals surface area (Å²) in [5, 5.41) is 9.82. The lowest BCUT2D eigenvalue weighted by Crippen LogP contribution is -2.43. The fourth-order valence-electron chi connectivity index (χ4n) is 3.40. The van der Waals surface area contributed by atoms with E-state index in [4.69, 9.17) is 11.6 Å². The van der Waals surface area contributed by atoms with Gasteiger partial charge in [-0.15, -0.1) is 0 Å². The van der Waals surface area contributed by atoms with Crippen molar-refractivity contribution in [3.05, 3.63) is 17.0 Å². The van der Waals surface area contributed by atoms with Crippen LogP contribution in [0.1, 0.15) is 31.2 Å². The summed E-state index contributed by atoms with van der Waals surface area (Å²) >= 11 is 6.03. The van der Waals surface area contributed by atoms with Gasteiger partial charge in [0.1, 0.15) is 17.3 Å². The summed E-state index contributed by atoms with van der Waals surface area (Å²) in [5.41, 5.74) is 0.666. The van der Waals surface area contributed by atoms with Crippen LogP contribution in [0.25, 0.3) is 0 Å². The fraction of sp³-hybridized carbons (Fsp3) is 0.692. The molecule has 3 rings (SSSR count). The maximum absolute atomic E-state index is 9.44. The van der Waals surface area contributed by atoms with E-state index in [-0.39, 0.29) is 6.61 Å². The fourth-order valence-corrected chi connectivity index (χ4v) is 3.58. The number of anilines is 1. The van der Waals surface area contributed by atoms with Crippen LogP contribution in [0.2, 0.25) is 5.15 Å². The lowest BCUT2D eigenvalue weighted by molar-refractivity contribution is 0.229. The van der Waals surface area contributed by atoms with Crippen LogP contribution in [0, 0.1) is 11.8 Å².